The Morgan fingerprint density at radius 1 is 1.42 bits per heavy atom. The van der Waals surface area contributed by atoms with E-state index in [9.17, 15) is 14.4 Å². The van der Waals surface area contributed by atoms with E-state index in [1.807, 2.05) is 5.32 Å². The summed E-state index contributed by atoms with van der Waals surface area (Å²) in [5, 5.41) is 2.03. The van der Waals surface area contributed by atoms with E-state index in [1.54, 1.807) is 6.92 Å². The van der Waals surface area contributed by atoms with Crippen LogP contribution in [0.15, 0.2) is 12.2 Å². The first kappa shape index (κ1) is 10.3. The Morgan fingerprint density at radius 2 is 1.92 bits per heavy atom. The first-order chi connectivity index (χ1) is 5.70. The number of ether oxygens (including phenoxy) is 1. The Labute approximate surface area is 69.4 Å². The van der Waals surface area contributed by atoms with Crippen LogP contribution >= 0.6 is 0 Å². The zero-order valence-corrected chi connectivity index (χ0v) is 6.57. The maximum absolute atomic E-state index is 10.0. The molecule has 0 spiro atoms. The molecule has 0 fully saturated rings. The number of carbonyl (C=O) groups is 3. The van der Waals surface area contributed by atoms with Crippen molar-refractivity contribution in [1.29, 1.82) is 0 Å². The fourth-order valence-electron chi connectivity index (χ4n) is 0.424. The van der Waals surface area contributed by atoms with E-state index in [0.29, 0.717) is 13.1 Å². The molecule has 12 heavy (non-hydrogen) atoms. The zero-order valence-electron chi connectivity index (χ0n) is 6.57. The van der Waals surface area contributed by atoms with Crippen molar-refractivity contribution < 1.29 is 19.1 Å². The van der Waals surface area contributed by atoms with Crippen LogP contribution in [0.5, 0.6) is 0 Å². The fraction of sp³-hybridized carbons (Fsp3) is 0.286. The van der Waals surface area contributed by atoms with Crippen LogP contribution in [-0.2, 0) is 19.1 Å². The molecule has 0 aromatic heterocycles. The topological polar surface area (TPSA) is 72.5 Å². The molecule has 66 valence electrons. The highest BCUT2D eigenvalue weighted by atomic mass is 16.5. The highest BCUT2D eigenvalue weighted by Gasteiger charge is 2.06. The Balaban J connectivity index is 0.000000217. The molecule has 0 radical (unpaired) electrons. The van der Waals surface area contributed by atoms with Crippen molar-refractivity contribution in [2.24, 2.45) is 0 Å². The third kappa shape index (κ3) is 5.16. The van der Waals surface area contributed by atoms with Gasteiger partial charge in [-0.1, -0.05) is 0 Å². The van der Waals surface area contributed by atoms with Gasteiger partial charge in [0.2, 0.25) is 0 Å². The van der Waals surface area contributed by atoms with Gasteiger partial charge in [0.1, 0.15) is 0 Å². The minimum Gasteiger partial charge on any atom is -0.468 e. The smallest absolute Gasteiger partial charge is 0.293 e. The first-order valence-corrected chi connectivity index (χ1v) is 3.29. The lowest BCUT2D eigenvalue weighted by molar-refractivity contribution is -0.128. The lowest BCUT2D eigenvalue weighted by Crippen LogP contribution is -2.19. The van der Waals surface area contributed by atoms with Crippen molar-refractivity contribution in [3.05, 3.63) is 12.2 Å². The maximum Gasteiger partial charge on any atom is 0.293 e. The molecule has 0 atom stereocenters. The highest BCUT2D eigenvalue weighted by Crippen LogP contribution is 1.82. The minimum atomic E-state index is -0.329. The summed E-state index contributed by atoms with van der Waals surface area (Å²) in [6.07, 6.45) is 2.39. The first-order valence-electron chi connectivity index (χ1n) is 3.29. The second-order valence-corrected chi connectivity index (χ2v) is 1.74. The molecule has 1 rings (SSSR count). The normalized spacial score (nSPS) is 13.1. The van der Waals surface area contributed by atoms with Crippen molar-refractivity contribution in [3.63, 3.8) is 0 Å². The van der Waals surface area contributed by atoms with E-state index < -0.39 is 0 Å². The summed E-state index contributed by atoms with van der Waals surface area (Å²) in [6.45, 7) is 2.66. The molecule has 5 heteroatoms. The molecule has 0 aliphatic carbocycles. The van der Waals surface area contributed by atoms with Crippen molar-refractivity contribution in [1.82, 2.24) is 5.32 Å². The van der Waals surface area contributed by atoms with Crippen molar-refractivity contribution >= 4 is 18.3 Å². The predicted octanol–water partition coefficient (Wildman–Crippen LogP) is -0.622. The second-order valence-electron chi connectivity index (χ2n) is 1.74. The summed E-state index contributed by atoms with van der Waals surface area (Å²) in [7, 11) is 0. The third-order valence-corrected chi connectivity index (χ3v) is 0.867. The van der Waals surface area contributed by atoms with E-state index in [-0.39, 0.29) is 11.8 Å². The van der Waals surface area contributed by atoms with Crippen LogP contribution in [0.2, 0.25) is 0 Å². The monoisotopic (exact) mass is 171 g/mol. The molecular weight excluding hydrogens is 162 g/mol. The summed E-state index contributed by atoms with van der Waals surface area (Å²) in [5.41, 5.74) is 0. The van der Waals surface area contributed by atoms with Gasteiger partial charge < -0.3 is 4.74 Å². The third-order valence-electron chi connectivity index (χ3n) is 0.867. The van der Waals surface area contributed by atoms with Gasteiger partial charge in [0, 0.05) is 12.2 Å². The Morgan fingerprint density at radius 3 is 2.00 bits per heavy atom. The van der Waals surface area contributed by atoms with Gasteiger partial charge in [-0.2, -0.15) is 0 Å². The van der Waals surface area contributed by atoms with Crippen molar-refractivity contribution in [2.45, 2.75) is 6.92 Å². The minimum absolute atomic E-state index is 0.329. The summed E-state index contributed by atoms with van der Waals surface area (Å²) in [5.74, 6) is -0.657. The molecule has 5 nitrogen and oxygen atoms in total. The molecular formula is C7H9NO4. The van der Waals surface area contributed by atoms with Crippen LogP contribution < -0.4 is 5.32 Å². The van der Waals surface area contributed by atoms with Crippen LogP contribution in [0.3, 0.4) is 0 Å². The van der Waals surface area contributed by atoms with Gasteiger partial charge >= 0.3 is 0 Å². The zero-order chi connectivity index (χ0) is 9.40. The number of rotatable bonds is 2. The quantitative estimate of drug-likeness (QED) is 0.444. The van der Waals surface area contributed by atoms with Crippen LogP contribution in [0.25, 0.3) is 0 Å². The van der Waals surface area contributed by atoms with Crippen molar-refractivity contribution in [2.75, 3.05) is 6.61 Å². The highest BCUT2D eigenvalue weighted by molar-refractivity contribution is 6.12. The predicted molar refractivity (Wildman–Crippen MR) is 40.0 cm³/mol. The van der Waals surface area contributed by atoms with E-state index in [2.05, 4.69) is 4.74 Å². The van der Waals surface area contributed by atoms with Gasteiger partial charge in [0.05, 0.1) is 6.61 Å². The van der Waals surface area contributed by atoms with Gasteiger partial charge in [0.15, 0.2) is 0 Å². The van der Waals surface area contributed by atoms with E-state index in [4.69, 9.17) is 0 Å². The summed E-state index contributed by atoms with van der Waals surface area (Å²) >= 11 is 0. The van der Waals surface area contributed by atoms with E-state index in [0.717, 1.165) is 0 Å². The van der Waals surface area contributed by atoms with Crippen LogP contribution in [-0.4, -0.2) is 24.9 Å². The summed E-state index contributed by atoms with van der Waals surface area (Å²) < 4.78 is 4.15. The molecule has 0 aromatic rings. The summed E-state index contributed by atoms with van der Waals surface area (Å²) in [6, 6.07) is 0. The van der Waals surface area contributed by atoms with Crippen molar-refractivity contribution in [3.8, 4) is 0 Å². The second kappa shape index (κ2) is 6.09. The molecule has 1 aliphatic heterocycles. The number of hydrogen-bond donors (Lipinski definition) is 1. The molecule has 2 amide bonds. The standard InChI is InChI=1S/C4H3NO2.C3H6O2/c6-3-1-2-4(7)5-3;1-2-5-3-4/h1-2H,(H,5,6,7);3H,2H2,1H3. The Hall–Kier alpha value is -1.65. The lowest BCUT2D eigenvalue weighted by Gasteiger charge is -1.80. The molecule has 1 heterocycles. The number of amides is 2. The SMILES string of the molecule is CCOC=O.O=C1C=CC(=O)N1. The maximum atomic E-state index is 10.0. The van der Waals surface area contributed by atoms with Gasteiger partial charge in [-0.25, -0.2) is 0 Å². The van der Waals surface area contributed by atoms with Gasteiger partial charge in [0.25, 0.3) is 18.3 Å². The van der Waals surface area contributed by atoms with Gasteiger partial charge in [-0.05, 0) is 6.92 Å². The van der Waals surface area contributed by atoms with Gasteiger partial charge in [-0.3, -0.25) is 19.7 Å². The number of imide groups is 1. The van der Waals surface area contributed by atoms with E-state index >= 15 is 0 Å². The average Bonchev–Trinajstić information content (AvgIpc) is 2.38. The molecule has 1 N–H and O–H groups in total. The van der Waals surface area contributed by atoms with E-state index in [1.165, 1.54) is 12.2 Å². The fourth-order valence-corrected chi connectivity index (χ4v) is 0.424. The van der Waals surface area contributed by atoms with Crippen LogP contribution in [0.4, 0.5) is 0 Å². The Bertz CT molecular complexity index is 193. The van der Waals surface area contributed by atoms with Crippen LogP contribution in [0.1, 0.15) is 6.92 Å². The molecule has 0 aromatic carbocycles. The molecule has 1 aliphatic rings. The number of carbonyl (C=O) groups excluding carboxylic acids is 3. The summed E-state index contributed by atoms with van der Waals surface area (Å²) in [4.78, 5) is 29.3. The Kier molecular flexibility index (Phi) is 5.25. The number of hydrogen-bond acceptors (Lipinski definition) is 4. The molecule has 0 bridgehead atoms. The number of nitrogens with one attached hydrogen (secondary N) is 1. The lowest BCUT2D eigenvalue weighted by atomic mass is 10.6. The largest absolute Gasteiger partial charge is 0.468 e. The van der Waals surface area contributed by atoms with Crippen LogP contribution in [0, 0.1) is 0 Å². The molecule has 0 saturated heterocycles. The molecule has 0 unspecified atom stereocenters. The average molecular weight is 171 g/mol. The molecule has 0 saturated carbocycles. The van der Waals surface area contributed by atoms with Gasteiger partial charge in [-0.15, -0.1) is 0 Å².